The van der Waals surface area contributed by atoms with Crippen molar-refractivity contribution in [2.24, 2.45) is 5.73 Å². The number of amides is 1. The number of nitrogens with two attached hydrogens (primary N) is 1. The van der Waals surface area contributed by atoms with Crippen molar-refractivity contribution in [1.82, 2.24) is 9.55 Å². The summed E-state index contributed by atoms with van der Waals surface area (Å²) in [4.78, 5) is 17.4. The molecule has 4 nitrogen and oxygen atoms in total. The second kappa shape index (κ2) is 6.62. The molecule has 0 atom stereocenters. The van der Waals surface area contributed by atoms with Gasteiger partial charge in [0.2, 0.25) is 5.91 Å². The van der Waals surface area contributed by atoms with Crippen molar-refractivity contribution in [3.63, 3.8) is 0 Å². The largest absolute Gasteiger partial charge is 0.366 e. The lowest BCUT2D eigenvalue weighted by molar-refractivity contribution is 0.100. The summed E-state index contributed by atoms with van der Waals surface area (Å²) in [6.07, 6.45) is 3.60. The van der Waals surface area contributed by atoms with Gasteiger partial charge >= 0.3 is 0 Å². The number of benzene rings is 2. The van der Waals surface area contributed by atoms with Gasteiger partial charge in [-0.2, -0.15) is 0 Å². The highest BCUT2D eigenvalue weighted by atomic mass is 32.1. The van der Waals surface area contributed by atoms with Crippen LogP contribution < -0.4 is 5.73 Å². The summed E-state index contributed by atoms with van der Waals surface area (Å²) in [5, 5.41) is 4.03. The average Bonchev–Trinajstić information content (AvgIpc) is 3.36. The molecule has 3 heterocycles. The summed E-state index contributed by atoms with van der Waals surface area (Å²) in [6, 6.07) is 20.4. The smallest absolute Gasteiger partial charge is 0.249 e. The Morgan fingerprint density at radius 3 is 2.61 bits per heavy atom. The lowest BCUT2D eigenvalue weighted by atomic mass is 10.0. The van der Waals surface area contributed by atoms with Gasteiger partial charge in [0.25, 0.3) is 0 Å². The van der Waals surface area contributed by atoms with Crippen LogP contribution in [0.3, 0.4) is 0 Å². The Kier molecular flexibility index (Phi) is 3.95. The van der Waals surface area contributed by atoms with E-state index in [1.807, 2.05) is 24.3 Å². The first-order valence-corrected chi connectivity index (χ1v) is 9.88. The van der Waals surface area contributed by atoms with Crippen molar-refractivity contribution >= 4 is 39.0 Å². The molecule has 3 aromatic heterocycles. The molecule has 0 aliphatic rings. The monoisotopic (exact) mass is 383 g/mol. The molecule has 2 aromatic carbocycles. The van der Waals surface area contributed by atoms with Gasteiger partial charge in [-0.3, -0.25) is 9.78 Å². The van der Waals surface area contributed by atoms with Crippen LogP contribution in [0, 0.1) is 0 Å². The Hall–Kier alpha value is -3.44. The molecule has 0 aliphatic heterocycles. The molecule has 0 bridgehead atoms. The lowest BCUT2D eigenvalue weighted by Crippen LogP contribution is -2.11. The van der Waals surface area contributed by atoms with Crippen LogP contribution in [-0.4, -0.2) is 15.5 Å². The molecular weight excluding hydrogens is 366 g/mol. The van der Waals surface area contributed by atoms with Crippen LogP contribution in [0.1, 0.15) is 15.9 Å². The number of pyridine rings is 1. The highest BCUT2D eigenvalue weighted by molar-refractivity contribution is 7.13. The molecule has 0 aliphatic carbocycles. The fraction of sp³-hybridized carbons (Fsp3) is 0.0435. The number of fused-ring (bicyclic) bond motifs is 3. The van der Waals surface area contributed by atoms with E-state index in [2.05, 4.69) is 45.3 Å². The van der Waals surface area contributed by atoms with E-state index in [-0.39, 0.29) is 0 Å². The second-order valence-corrected chi connectivity index (χ2v) is 7.66. The molecule has 0 saturated heterocycles. The zero-order chi connectivity index (χ0) is 19.1. The molecule has 5 heteroatoms. The average molecular weight is 383 g/mol. The standard InChI is InChI=1S/C23H17N3OS/c24-23(27)18-3-1-4-19-22(18)17-7-6-16(21-5-2-12-28-21)13-20(17)26(19)14-15-8-10-25-11-9-15/h1-13H,14H2,(H2,24,27). The topological polar surface area (TPSA) is 60.9 Å². The first kappa shape index (κ1) is 16.7. The van der Waals surface area contributed by atoms with Gasteiger partial charge in [0, 0.05) is 40.2 Å². The highest BCUT2D eigenvalue weighted by Crippen LogP contribution is 2.35. The number of carbonyl (C=O) groups is 1. The number of thiophene rings is 1. The fourth-order valence-corrected chi connectivity index (χ4v) is 4.51. The Morgan fingerprint density at radius 2 is 1.86 bits per heavy atom. The maximum Gasteiger partial charge on any atom is 0.249 e. The maximum atomic E-state index is 12.1. The minimum atomic E-state index is -0.407. The van der Waals surface area contributed by atoms with Gasteiger partial charge in [0.05, 0.1) is 11.0 Å². The number of primary amides is 1. The van der Waals surface area contributed by atoms with E-state index < -0.39 is 5.91 Å². The van der Waals surface area contributed by atoms with E-state index >= 15 is 0 Å². The Labute approximate surface area is 165 Å². The first-order valence-electron chi connectivity index (χ1n) is 9.00. The van der Waals surface area contributed by atoms with Crippen LogP contribution in [0.25, 0.3) is 32.2 Å². The van der Waals surface area contributed by atoms with Crippen LogP contribution in [0.15, 0.2) is 78.4 Å². The van der Waals surface area contributed by atoms with Crippen molar-refractivity contribution in [1.29, 1.82) is 0 Å². The molecule has 28 heavy (non-hydrogen) atoms. The predicted octanol–water partition coefficient (Wildman–Crippen LogP) is 5.07. The molecule has 0 radical (unpaired) electrons. The van der Waals surface area contributed by atoms with Gasteiger partial charge in [-0.1, -0.05) is 24.3 Å². The molecule has 0 spiro atoms. The summed E-state index contributed by atoms with van der Waals surface area (Å²) in [5.74, 6) is -0.407. The summed E-state index contributed by atoms with van der Waals surface area (Å²) in [5.41, 5.74) is 10.7. The van der Waals surface area contributed by atoms with Gasteiger partial charge in [0.15, 0.2) is 0 Å². The Morgan fingerprint density at radius 1 is 1.00 bits per heavy atom. The van der Waals surface area contributed by atoms with E-state index in [0.717, 1.165) is 27.4 Å². The van der Waals surface area contributed by atoms with Crippen LogP contribution in [0.2, 0.25) is 0 Å². The van der Waals surface area contributed by atoms with Crippen molar-refractivity contribution in [2.45, 2.75) is 6.54 Å². The second-order valence-electron chi connectivity index (χ2n) is 6.71. The summed E-state index contributed by atoms with van der Waals surface area (Å²) in [6.45, 7) is 0.693. The normalized spacial score (nSPS) is 11.3. The van der Waals surface area contributed by atoms with E-state index in [1.54, 1.807) is 29.8 Å². The fourth-order valence-electron chi connectivity index (χ4n) is 3.79. The third-order valence-electron chi connectivity index (χ3n) is 5.05. The number of rotatable bonds is 4. The van der Waals surface area contributed by atoms with Gasteiger partial charge in [0.1, 0.15) is 0 Å². The highest BCUT2D eigenvalue weighted by Gasteiger charge is 2.17. The van der Waals surface area contributed by atoms with E-state index in [0.29, 0.717) is 12.1 Å². The zero-order valence-corrected chi connectivity index (χ0v) is 15.8. The molecule has 2 N–H and O–H groups in total. The van der Waals surface area contributed by atoms with Crippen molar-refractivity contribution < 1.29 is 4.79 Å². The van der Waals surface area contributed by atoms with Crippen LogP contribution >= 0.6 is 11.3 Å². The lowest BCUT2D eigenvalue weighted by Gasteiger charge is -2.08. The minimum absolute atomic E-state index is 0.407. The number of carbonyl (C=O) groups excluding carboxylic acids is 1. The summed E-state index contributed by atoms with van der Waals surface area (Å²) < 4.78 is 2.25. The van der Waals surface area contributed by atoms with Crippen molar-refractivity contribution in [3.05, 3.63) is 89.6 Å². The molecule has 5 aromatic rings. The van der Waals surface area contributed by atoms with E-state index in [9.17, 15) is 4.79 Å². The maximum absolute atomic E-state index is 12.1. The molecule has 0 unspecified atom stereocenters. The summed E-state index contributed by atoms with van der Waals surface area (Å²) >= 11 is 1.72. The number of nitrogens with zero attached hydrogens (tertiary/aromatic N) is 2. The third-order valence-corrected chi connectivity index (χ3v) is 5.97. The number of hydrogen-bond donors (Lipinski definition) is 1. The van der Waals surface area contributed by atoms with Crippen molar-refractivity contribution in [2.75, 3.05) is 0 Å². The first-order chi connectivity index (χ1) is 13.7. The van der Waals surface area contributed by atoms with Gasteiger partial charge < -0.3 is 10.3 Å². The molecular formula is C23H17N3OS. The predicted molar refractivity (Wildman–Crippen MR) is 115 cm³/mol. The van der Waals surface area contributed by atoms with Crippen LogP contribution in [-0.2, 0) is 6.54 Å². The summed E-state index contributed by atoms with van der Waals surface area (Å²) in [7, 11) is 0. The van der Waals surface area contributed by atoms with Crippen LogP contribution in [0.5, 0.6) is 0 Å². The molecule has 5 rings (SSSR count). The zero-order valence-electron chi connectivity index (χ0n) is 15.0. The SMILES string of the molecule is NC(=O)c1cccc2c1c1ccc(-c3cccs3)cc1n2Cc1ccncc1. The Balaban J connectivity index is 1.83. The Bertz CT molecular complexity index is 1300. The quantitative estimate of drug-likeness (QED) is 0.471. The van der Waals surface area contributed by atoms with Crippen LogP contribution in [0.4, 0.5) is 0 Å². The van der Waals surface area contributed by atoms with Crippen molar-refractivity contribution in [3.8, 4) is 10.4 Å². The molecule has 136 valence electrons. The number of aromatic nitrogens is 2. The molecule has 1 amide bonds. The van der Waals surface area contributed by atoms with Gasteiger partial charge in [-0.15, -0.1) is 11.3 Å². The van der Waals surface area contributed by atoms with Gasteiger partial charge in [-0.05, 0) is 52.9 Å². The van der Waals surface area contributed by atoms with Gasteiger partial charge in [-0.25, -0.2) is 0 Å². The van der Waals surface area contributed by atoms with E-state index in [1.165, 1.54) is 10.4 Å². The minimum Gasteiger partial charge on any atom is -0.366 e. The van der Waals surface area contributed by atoms with E-state index in [4.69, 9.17) is 5.73 Å². The third kappa shape index (κ3) is 2.68. The molecule has 0 fully saturated rings. The number of hydrogen-bond acceptors (Lipinski definition) is 3. The molecule has 0 saturated carbocycles.